The van der Waals surface area contributed by atoms with Crippen molar-refractivity contribution in [2.24, 2.45) is 4.99 Å². The molecule has 1 aromatic carbocycles. The highest BCUT2D eigenvalue weighted by atomic mass is 16.5. The Morgan fingerprint density at radius 2 is 2.24 bits per heavy atom. The van der Waals surface area contributed by atoms with Gasteiger partial charge in [-0.15, -0.1) is 10.2 Å². The lowest BCUT2D eigenvalue weighted by Crippen LogP contribution is -2.18. The predicted molar refractivity (Wildman–Crippen MR) is 60.2 cm³/mol. The van der Waals surface area contributed by atoms with Gasteiger partial charge in [-0.05, 0) is 24.3 Å². The van der Waals surface area contributed by atoms with Crippen molar-refractivity contribution >= 4 is 28.3 Å². The summed E-state index contributed by atoms with van der Waals surface area (Å²) in [6, 6.07) is 5.43. The molecular formula is C11H8N4O2. The van der Waals surface area contributed by atoms with Crippen molar-refractivity contribution in [3.05, 3.63) is 23.9 Å². The van der Waals surface area contributed by atoms with Crippen LogP contribution in [0.2, 0.25) is 0 Å². The summed E-state index contributed by atoms with van der Waals surface area (Å²) in [5.74, 6) is -0.481. The lowest BCUT2D eigenvalue weighted by atomic mass is 10.1. The molecule has 0 amide bonds. The van der Waals surface area contributed by atoms with Gasteiger partial charge in [0, 0.05) is 0 Å². The number of hydrogen-bond acceptors (Lipinski definition) is 6. The number of aliphatic imine (C=N–C) groups is 1. The molecule has 84 valence electrons. The maximum Gasteiger partial charge on any atom is 0.359 e. The highest BCUT2D eigenvalue weighted by Gasteiger charge is 2.27. The second kappa shape index (κ2) is 3.58. The minimum Gasteiger partial charge on any atom is -0.461 e. The molecule has 3 rings (SSSR count). The third-order valence-corrected chi connectivity index (χ3v) is 2.48. The van der Waals surface area contributed by atoms with Crippen LogP contribution in [-0.2, 0) is 9.53 Å². The van der Waals surface area contributed by atoms with Crippen LogP contribution in [0, 0.1) is 0 Å². The third kappa shape index (κ3) is 1.37. The van der Waals surface area contributed by atoms with Gasteiger partial charge < -0.3 is 4.74 Å². The van der Waals surface area contributed by atoms with Crippen molar-refractivity contribution in [2.75, 3.05) is 6.61 Å². The first-order valence-corrected chi connectivity index (χ1v) is 5.19. The van der Waals surface area contributed by atoms with Gasteiger partial charge in [-0.25, -0.2) is 9.79 Å². The van der Waals surface area contributed by atoms with E-state index in [0.29, 0.717) is 23.5 Å². The van der Waals surface area contributed by atoms with E-state index in [2.05, 4.69) is 20.4 Å². The molecule has 2 heterocycles. The lowest BCUT2D eigenvalue weighted by Gasteiger charge is -2.00. The summed E-state index contributed by atoms with van der Waals surface area (Å²) in [6.45, 7) is 2.05. The average molecular weight is 228 g/mol. The zero-order chi connectivity index (χ0) is 11.8. The molecule has 0 aliphatic carbocycles. The number of esters is 1. The first-order chi connectivity index (χ1) is 8.31. The van der Waals surface area contributed by atoms with Gasteiger partial charge in [-0.2, -0.15) is 0 Å². The molecule has 0 saturated heterocycles. The van der Waals surface area contributed by atoms with E-state index in [1.54, 1.807) is 19.1 Å². The maximum atomic E-state index is 11.7. The Kier molecular flexibility index (Phi) is 2.07. The number of carbonyl (C=O) groups is 1. The molecule has 2 aromatic rings. The van der Waals surface area contributed by atoms with Crippen molar-refractivity contribution in [3.8, 4) is 0 Å². The number of benzene rings is 1. The van der Waals surface area contributed by atoms with Gasteiger partial charge in [0.05, 0.1) is 23.2 Å². The first-order valence-electron chi connectivity index (χ1n) is 5.19. The molecule has 6 nitrogen and oxygen atoms in total. The smallest absolute Gasteiger partial charge is 0.359 e. The van der Waals surface area contributed by atoms with Crippen LogP contribution >= 0.6 is 0 Å². The summed E-state index contributed by atoms with van der Waals surface area (Å²) in [6.07, 6.45) is 0. The van der Waals surface area contributed by atoms with Crippen molar-refractivity contribution in [2.45, 2.75) is 6.92 Å². The quantitative estimate of drug-likeness (QED) is 0.717. The van der Waals surface area contributed by atoms with Crippen molar-refractivity contribution in [1.82, 2.24) is 15.4 Å². The second-order valence-corrected chi connectivity index (χ2v) is 3.49. The van der Waals surface area contributed by atoms with Gasteiger partial charge in [0.15, 0.2) is 5.71 Å². The van der Waals surface area contributed by atoms with Gasteiger partial charge in [-0.3, -0.25) is 0 Å². The molecule has 0 fully saturated rings. The zero-order valence-corrected chi connectivity index (χ0v) is 9.04. The zero-order valence-electron chi connectivity index (χ0n) is 9.04. The van der Waals surface area contributed by atoms with E-state index in [9.17, 15) is 4.79 Å². The van der Waals surface area contributed by atoms with Gasteiger partial charge in [0.1, 0.15) is 5.69 Å². The topological polar surface area (TPSA) is 77.3 Å². The molecule has 0 N–H and O–H groups in total. The molecule has 0 saturated carbocycles. The molecule has 0 unspecified atom stereocenters. The molecule has 0 atom stereocenters. The molecule has 17 heavy (non-hydrogen) atoms. The number of hydrogen-bond donors (Lipinski definition) is 0. The summed E-state index contributed by atoms with van der Waals surface area (Å²) < 4.78 is 4.93. The number of carbonyl (C=O) groups excluding carboxylic acids is 1. The third-order valence-electron chi connectivity index (χ3n) is 2.48. The standard InChI is InChI=1S/C11H8N4O2/c1-2-17-11(16)10-9-8-6(12-10)4-3-5-7(8)13-15-14-9/h3-5H,2H2,1H3. The Bertz CT molecular complexity index is 646. The van der Waals surface area contributed by atoms with Crippen LogP contribution in [0.15, 0.2) is 23.2 Å². The number of rotatable bonds is 2. The fraction of sp³-hybridized carbons (Fsp3) is 0.182. The molecule has 0 spiro atoms. The Morgan fingerprint density at radius 3 is 3.06 bits per heavy atom. The van der Waals surface area contributed by atoms with E-state index in [0.717, 1.165) is 5.39 Å². The highest BCUT2D eigenvalue weighted by Crippen LogP contribution is 2.32. The Balaban J connectivity index is 2.20. The SMILES string of the molecule is CCOC(=O)C1=Nc2cccc3nnnc1c23. The van der Waals surface area contributed by atoms with E-state index in [1.807, 2.05) is 6.07 Å². The number of ether oxygens (including phenoxy) is 1. The second-order valence-electron chi connectivity index (χ2n) is 3.49. The first kappa shape index (κ1) is 9.83. The Hall–Kier alpha value is -2.37. The Labute approximate surface area is 96.3 Å². The monoisotopic (exact) mass is 228 g/mol. The Morgan fingerprint density at radius 1 is 1.35 bits per heavy atom. The summed E-state index contributed by atoms with van der Waals surface area (Å²) >= 11 is 0. The van der Waals surface area contributed by atoms with E-state index in [-0.39, 0.29) is 5.71 Å². The fourth-order valence-corrected chi connectivity index (χ4v) is 1.79. The molecule has 1 aliphatic rings. The van der Waals surface area contributed by atoms with Crippen LogP contribution < -0.4 is 0 Å². The van der Waals surface area contributed by atoms with E-state index in [4.69, 9.17) is 4.74 Å². The molecular weight excluding hydrogens is 220 g/mol. The number of aromatic nitrogens is 3. The summed E-state index contributed by atoms with van der Waals surface area (Å²) in [5.41, 5.74) is 2.01. The van der Waals surface area contributed by atoms with Crippen molar-refractivity contribution in [1.29, 1.82) is 0 Å². The van der Waals surface area contributed by atoms with Crippen LogP contribution in [0.3, 0.4) is 0 Å². The van der Waals surface area contributed by atoms with Crippen molar-refractivity contribution in [3.63, 3.8) is 0 Å². The van der Waals surface area contributed by atoms with Crippen LogP contribution in [0.25, 0.3) is 10.9 Å². The highest BCUT2D eigenvalue weighted by molar-refractivity contribution is 6.47. The van der Waals surface area contributed by atoms with Gasteiger partial charge in [0.25, 0.3) is 0 Å². The van der Waals surface area contributed by atoms with Crippen LogP contribution in [0.1, 0.15) is 12.6 Å². The summed E-state index contributed by atoms with van der Waals surface area (Å²) in [5, 5.41) is 12.1. The summed E-state index contributed by atoms with van der Waals surface area (Å²) in [4.78, 5) is 15.9. The van der Waals surface area contributed by atoms with E-state index in [1.165, 1.54) is 0 Å². The largest absolute Gasteiger partial charge is 0.461 e. The van der Waals surface area contributed by atoms with E-state index < -0.39 is 5.97 Å². The van der Waals surface area contributed by atoms with Gasteiger partial charge >= 0.3 is 5.97 Å². The van der Waals surface area contributed by atoms with Crippen LogP contribution in [0.4, 0.5) is 5.69 Å². The minimum absolute atomic E-state index is 0.202. The van der Waals surface area contributed by atoms with Gasteiger partial charge in [0.2, 0.25) is 0 Å². The van der Waals surface area contributed by atoms with Crippen molar-refractivity contribution < 1.29 is 9.53 Å². The predicted octanol–water partition coefficient (Wildman–Crippen LogP) is 1.02. The molecule has 0 bridgehead atoms. The molecule has 1 aliphatic heterocycles. The maximum absolute atomic E-state index is 11.7. The average Bonchev–Trinajstić information content (AvgIpc) is 2.72. The minimum atomic E-state index is -0.481. The molecule has 6 heteroatoms. The molecule has 1 aromatic heterocycles. The van der Waals surface area contributed by atoms with Crippen LogP contribution in [-0.4, -0.2) is 33.7 Å². The van der Waals surface area contributed by atoms with Gasteiger partial charge in [-0.1, -0.05) is 6.07 Å². The fourth-order valence-electron chi connectivity index (χ4n) is 1.79. The van der Waals surface area contributed by atoms with Crippen LogP contribution in [0.5, 0.6) is 0 Å². The summed E-state index contributed by atoms with van der Waals surface area (Å²) in [7, 11) is 0. The van der Waals surface area contributed by atoms with E-state index >= 15 is 0 Å². The normalized spacial score (nSPS) is 12.6. The molecule has 0 radical (unpaired) electrons. The lowest BCUT2D eigenvalue weighted by molar-refractivity contribution is -0.134. The number of nitrogens with zero attached hydrogens (tertiary/aromatic N) is 4.